The second-order valence-electron chi connectivity index (χ2n) is 2.50. The van der Waals surface area contributed by atoms with Crippen LogP contribution in [0.4, 0.5) is 0 Å². The lowest BCUT2D eigenvalue weighted by Crippen LogP contribution is -2.16. The number of aliphatic hydroxyl groups is 2. The molecule has 0 saturated carbocycles. The van der Waals surface area contributed by atoms with Gasteiger partial charge < -0.3 is 14.8 Å². The fourth-order valence-electron chi connectivity index (χ4n) is 0.914. The second kappa shape index (κ2) is 4.35. The van der Waals surface area contributed by atoms with Gasteiger partial charge in [0.1, 0.15) is 0 Å². The standard InChI is InChI=1S/C8H11NO2S/c10-5-7(6-11)9-3-1-8(12)2-4-9/h1-4,7,10-11H,5-6H2. The van der Waals surface area contributed by atoms with Crippen LogP contribution in [0, 0.1) is 4.51 Å². The van der Waals surface area contributed by atoms with Crippen LogP contribution in [0.2, 0.25) is 0 Å². The van der Waals surface area contributed by atoms with Crippen LogP contribution in [0.3, 0.4) is 0 Å². The van der Waals surface area contributed by atoms with Crippen molar-refractivity contribution in [3.8, 4) is 0 Å². The predicted molar refractivity (Wildman–Crippen MR) is 48.5 cm³/mol. The Morgan fingerprint density at radius 1 is 1.25 bits per heavy atom. The molecule has 0 aliphatic carbocycles. The molecule has 0 saturated heterocycles. The zero-order chi connectivity index (χ0) is 8.97. The molecular weight excluding hydrogens is 174 g/mol. The zero-order valence-corrected chi connectivity index (χ0v) is 7.37. The molecule has 0 bridgehead atoms. The van der Waals surface area contributed by atoms with Gasteiger partial charge in [0.2, 0.25) is 0 Å². The van der Waals surface area contributed by atoms with Crippen LogP contribution in [0.1, 0.15) is 6.04 Å². The van der Waals surface area contributed by atoms with Crippen LogP contribution >= 0.6 is 12.2 Å². The monoisotopic (exact) mass is 185 g/mol. The van der Waals surface area contributed by atoms with Crippen LogP contribution in [0.5, 0.6) is 0 Å². The quantitative estimate of drug-likeness (QED) is 0.683. The summed E-state index contributed by atoms with van der Waals surface area (Å²) >= 11 is 4.89. The summed E-state index contributed by atoms with van der Waals surface area (Å²) in [5.74, 6) is 0. The highest BCUT2D eigenvalue weighted by atomic mass is 32.1. The first kappa shape index (κ1) is 9.38. The molecule has 1 aromatic rings. The maximum atomic E-state index is 8.84. The first-order chi connectivity index (χ1) is 5.77. The smallest absolute Gasteiger partial charge is 0.0792 e. The lowest BCUT2D eigenvalue weighted by Gasteiger charge is -2.14. The third-order valence-electron chi connectivity index (χ3n) is 1.67. The van der Waals surface area contributed by atoms with Gasteiger partial charge in [-0.1, -0.05) is 12.2 Å². The van der Waals surface area contributed by atoms with Gasteiger partial charge in [0.15, 0.2) is 0 Å². The lowest BCUT2D eigenvalue weighted by molar-refractivity contribution is 0.154. The van der Waals surface area contributed by atoms with Gasteiger partial charge in [0, 0.05) is 16.9 Å². The van der Waals surface area contributed by atoms with Crippen LogP contribution in [0.15, 0.2) is 24.5 Å². The molecule has 4 heteroatoms. The molecule has 0 aromatic carbocycles. The van der Waals surface area contributed by atoms with Crippen molar-refractivity contribution in [3.05, 3.63) is 29.0 Å². The largest absolute Gasteiger partial charge is 0.394 e. The van der Waals surface area contributed by atoms with Crippen molar-refractivity contribution in [2.45, 2.75) is 6.04 Å². The SMILES string of the molecule is OCC(CO)n1ccc(=S)cc1. The minimum Gasteiger partial charge on any atom is -0.394 e. The van der Waals surface area contributed by atoms with Crippen molar-refractivity contribution in [2.24, 2.45) is 0 Å². The topological polar surface area (TPSA) is 45.4 Å². The van der Waals surface area contributed by atoms with Crippen molar-refractivity contribution < 1.29 is 10.2 Å². The van der Waals surface area contributed by atoms with Gasteiger partial charge in [0.05, 0.1) is 19.3 Å². The van der Waals surface area contributed by atoms with Crippen molar-refractivity contribution in [3.63, 3.8) is 0 Å². The number of nitrogens with zero attached hydrogens (tertiary/aromatic N) is 1. The van der Waals surface area contributed by atoms with E-state index in [2.05, 4.69) is 0 Å². The summed E-state index contributed by atoms with van der Waals surface area (Å²) in [7, 11) is 0. The van der Waals surface area contributed by atoms with Crippen LogP contribution in [-0.2, 0) is 0 Å². The summed E-state index contributed by atoms with van der Waals surface area (Å²) in [6.45, 7) is -0.143. The van der Waals surface area contributed by atoms with E-state index in [0.717, 1.165) is 4.51 Å². The Hall–Kier alpha value is -0.710. The molecule has 1 rings (SSSR count). The van der Waals surface area contributed by atoms with E-state index in [0.29, 0.717) is 0 Å². The van der Waals surface area contributed by atoms with E-state index in [1.54, 1.807) is 29.1 Å². The van der Waals surface area contributed by atoms with E-state index in [-0.39, 0.29) is 19.3 Å². The fraction of sp³-hybridized carbons (Fsp3) is 0.375. The number of aromatic nitrogens is 1. The molecule has 0 amide bonds. The van der Waals surface area contributed by atoms with Gasteiger partial charge >= 0.3 is 0 Å². The lowest BCUT2D eigenvalue weighted by atomic mass is 10.3. The van der Waals surface area contributed by atoms with Gasteiger partial charge in [0.25, 0.3) is 0 Å². The molecule has 0 atom stereocenters. The summed E-state index contributed by atoms with van der Waals surface area (Å²) in [5, 5.41) is 17.7. The summed E-state index contributed by atoms with van der Waals surface area (Å²) in [6, 6.07) is 3.25. The van der Waals surface area contributed by atoms with E-state index in [1.165, 1.54) is 0 Å². The van der Waals surface area contributed by atoms with E-state index in [1.807, 2.05) is 0 Å². The summed E-state index contributed by atoms with van der Waals surface area (Å²) < 4.78 is 2.48. The first-order valence-electron chi connectivity index (χ1n) is 3.67. The summed E-state index contributed by atoms with van der Waals surface area (Å²) in [5.41, 5.74) is 0. The van der Waals surface area contributed by atoms with Gasteiger partial charge in [-0.25, -0.2) is 0 Å². The number of rotatable bonds is 3. The van der Waals surface area contributed by atoms with Crippen LogP contribution in [0.25, 0.3) is 0 Å². The van der Waals surface area contributed by atoms with Gasteiger partial charge in [-0.05, 0) is 12.1 Å². The third kappa shape index (κ3) is 2.14. The Labute approximate surface area is 75.9 Å². The molecule has 0 unspecified atom stereocenters. The molecule has 1 heterocycles. The Bertz CT molecular complexity index is 273. The van der Waals surface area contributed by atoms with E-state index < -0.39 is 0 Å². The predicted octanol–water partition coefficient (Wildman–Crippen LogP) is 0.743. The van der Waals surface area contributed by atoms with Crippen molar-refractivity contribution >= 4 is 12.2 Å². The minimum absolute atomic E-state index is 0.0715. The molecule has 0 aliphatic rings. The Morgan fingerprint density at radius 3 is 2.17 bits per heavy atom. The molecule has 1 aromatic heterocycles. The normalized spacial score (nSPS) is 10.6. The summed E-state index contributed by atoms with van der Waals surface area (Å²) in [4.78, 5) is 0. The third-order valence-corrected chi connectivity index (χ3v) is 1.94. The van der Waals surface area contributed by atoms with Crippen molar-refractivity contribution in [1.29, 1.82) is 0 Å². The maximum Gasteiger partial charge on any atom is 0.0792 e. The van der Waals surface area contributed by atoms with E-state index in [4.69, 9.17) is 22.4 Å². The number of hydrogen-bond donors (Lipinski definition) is 2. The molecule has 3 nitrogen and oxygen atoms in total. The Kier molecular flexibility index (Phi) is 3.40. The average molecular weight is 185 g/mol. The molecule has 0 radical (unpaired) electrons. The van der Waals surface area contributed by atoms with Crippen LogP contribution in [-0.4, -0.2) is 28.0 Å². The number of pyridine rings is 1. The molecule has 0 aliphatic heterocycles. The Morgan fingerprint density at radius 2 is 1.75 bits per heavy atom. The van der Waals surface area contributed by atoms with E-state index >= 15 is 0 Å². The average Bonchev–Trinajstić information content (AvgIpc) is 2.10. The highest BCUT2D eigenvalue weighted by Crippen LogP contribution is 2.03. The van der Waals surface area contributed by atoms with Crippen molar-refractivity contribution in [1.82, 2.24) is 4.57 Å². The van der Waals surface area contributed by atoms with Gasteiger partial charge in [-0.3, -0.25) is 0 Å². The molecule has 12 heavy (non-hydrogen) atoms. The van der Waals surface area contributed by atoms with Crippen LogP contribution < -0.4 is 0 Å². The molecular formula is C8H11NO2S. The van der Waals surface area contributed by atoms with E-state index in [9.17, 15) is 0 Å². The summed E-state index contributed by atoms with van der Waals surface area (Å²) in [6.07, 6.45) is 3.50. The minimum atomic E-state index is -0.263. The molecule has 0 fully saturated rings. The number of aliphatic hydroxyl groups excluding tert-OH is 2. The highest BCUT2D eigenvalue weighted by Gasteiger charge is 2.04. The molecule has 0 spiro atoms. The number of hydrogen-bond acceptors (Lipinski definition) is 3. The Balaban J connectivity index is 2.87. The molecule has 66 valence electrons. The second-order valence-corrected chi connectivity index (χ2v) is 2.97. The zero-order valence-electron chi connectivity index (χ0n) is 6.55. The molecule has 2 N–H and O–H groups in total. The van der Waals surface area contributed by atoms with Gasteiger partial charge in [-0.15, -0.1) is 0 Å². The fourth-order valence-corrected chi connectivity index (χ4v) is 1.04. The first-order valence-corrected chi connectivity index (χ1v) is 4.08. The highest BCUT2D eigenvalue weighted by molar-refractivity contribution is 7.71. The maximum absolute atomic E-state index is 8.84. The van der Waals surface area contributed by atoms with Crippen molar-refractivity contribution in [2.75, 3.05) is 13.2 Å². The van der Waals surface area contributed by atoms with Gasteiger partial charge in [-0.2, -0.15) is 0 Å².